The highest BCUT2D eigenvalue weighted by molar-refractivity contribution is 5.60. The van der Waals surface area contributed by atoms with E-state index in [-0.39, 0.29) is 5.56 Å². The molecule has 2 aromatic rings. The Morgan fingerprint density at radius 1 is 1.33 bits per heavy atom. The molecule has 0 aliphatic carbocycles. The first-order valence-corrected chi connectivity index (χ1v) is 5.97. The molecular formula is C14H16N2O2. The summed E-state index contributed by atoms with van der Waals surface area (Å²) >= 11 is 0. The van der Waals surface area contributed by atoms with E-state index in [4.69, 9.17) is 4.74 Å². The van der Waals surface area contributed by atoms with E-state index in [0.29, 0.717) is 5.69 Å². The zero-order valence-corrected chi connectivity index (χ0v) is 10.6. The van der Waals surface area contributed by atoms with Crippen molar-refractivity contribution in [3.63, 3.8) is 0 Å². The minimum Gasteiger partial charge on any atom is -0.497 e. The second kappa shape index (κ2) is 5.49. The summed E-state index contributed by atoms with van der Waals surface area (Å²) in [6.45, 7) is 2.05. The summed E-state index contributed by atoms with van der Waals surface area (Å²) in [4.78, 5) is 18.8. The predicted molar refractivity (Wildman–Crippen MR) is 70.8 cm³/mol. The lowest BCUT2D eigenvalue weighted by atomic mass is 10.1. The first kappa shape index (κ1) is 12.4. The van der Waals surface area contributed by atoms with Crippen molar-refractivity contribution in [3.8, 4) is 17.0 Å². The Bertz CT molecular complexity index is 590. The highest BCUT2D eigenvalue weighted by Gasteiger charge is 2.04. The molecule has 1 aromatic heterocycles. The predicted octanol–water partition coefficient (Wildman–Crippen LogP) is 2.40. The van der Waals surface area contributed by atoms with E-state index in [2.05, 4.69) is 16.9 Å². The number of ether oxygens (including phenoxy) is 1. The number of aromatic nitrogens is 2. The van der Waals surface area contributed by atoms with Gasteiger partial charge in [0.15, 0.2) is 0 Å². The molecule has 94 valence electrons. The van der Waals surface area contributed by atoms with Crippen molar-refractivity contribution in [3.05, 3.63) is 46.5 Å². The van der Waals surface area contributed by atoms with Crippen molar-refractivity contribution in [1.29, 1.82) is 0 Å². The second-order valence-corrected chi connectivity index (χ2v) is 4.06. The van der Waals surface area contributed by atoms with Crippen LogP contribution in [0, 0.1) is 0 Å². The number of hydrogen-bond acceptors (Lipinski definition) is 3. The molecule has 0 saturated carbocycles. The molecule has 0 aliphatic heterocycles. The molecule has 18 heavy (non-hydrogen) atoms. The smallest absolute Gasteiger partial charge is 0.251 e. The van der Waals surface area contributed by atoms with Crippen molar-refractivity contribution in [2.75, 3.05) is 7.11 Å². The summed E-state index contributed by atoms with van der Waals surface area (Å²) in [7, 11) is 1.62. The topological polar surface area (TPSA) is 55.0 Å². The summed E-state index contributed by atoms with van der Waals surface area (Å²) in [5, 5.41) is 0. The van der Waals surface area contributed by atoms with E-state index in [9.17, 15) is 4.79 Å². The van der Waals surface area contributed by atoms with Gasteiger partial charge in [0.05, 0.1) is 12.8 Å². The van der Waals surface area contributed by atoms with Gasteiger partial charge in [-0.1, -0.05) is 19.1 Å². The van der Waals surface area contributed by atoms with Crippen LogP contribution in [0.1, 0.15) is 19.2 Å². The maximum absolute atomic E-state index is 11.6. The van der Waals surface area contributed by atoms with Gasteiger partial charge >= 0.3 is 0 Å². The van der Waals surface area contributed by atoms with Crippen LogP contribution in [-0.4, -0.2) is 17.1 Å². The standard InChI is InChI=1S/C14H16N2O2/c1-3-5-13-15-12(9-14(17)16-13)10-6-4-7-11(8-10)18-2/h4,6-9H,3,5H2,1-2H3,(H,15,16,17). The summed E-state index contributed by atoms with van der Waals surface area (Å²) in [6, 6.07) is 9.05. The normalized spacial score (nSPS) is 10.3. The molecule has 2 rings (SSSR count). The van der Waals surface area contributed by atoms with Gasteiger partial charge in [0.2, 0.25) is 0 Å². The average Bonchev–Trinajstić information content (AvgIpc) is 2.38. The number of aromatic amines is 1. The molecule has 4 heteroatoms. The number of nitrogens with one attached hydrogen (secondary N) is 1. The molecular weight excluding hydrogens is 228 g/mol. The van der Waals surface area contributed by atoms with Crippen LogP contribution in [0.15, 0.2) is 35.1 Å². The largest absolute Gasteiger partial charge is 0.497 e. The molecule has 4 nitrogen and oxygen atoms in total. The minimum absolute atomic E-state index is 0.119. The van der Waals surface area contributed by atoms with E-state index in [1.807, 2.05) is 24.3 Å². The zero-order valence-electron chi connectivity index (χ0n) is 10.6. The van der Waals surface area contributed by atoms with Crippen LogP contribution in [0.5, 0.6) is 5.75 Å². The third-order valence-corrected chi connectivity index (χ3v) is 2.64. The van der Waals surface area contributed by atoms with Gasteiger partial charge in [0.1, 0.15) is 11.6 Å². The zero-order chi connectivity index (χ0) is 13.0. The molecule has 0 saturated heterocycles. The first-order chi connectivity index (χ1) is 8.72. The van der Waals surface area contributed by atoms with Gasteiger partial charge in [-0.05, 0) is 18.6 Å². The molecule has 0 atom stereocenters. The fourth-order valence-electron chi connectivity index (χ4n) is 1.79. The molecule has 0 spiro atoms. The molecule has 0 amide bonds. The van der Waals surface area contributed by atoms with Crippen LogP contribution < -0.4 is 10.3 Å². The van der Waals surface area contributed by atoms with Crippen LogP contribution in [0.4, 0.5) is 0 Å². The van der Waals surface area contributed by atoms with E-state index < -0.39 is 0 Å². The van der Waals surface area contributed by atoms with E-state index >= 15 is 0 Å². The molecule has 0 radical (unpaired) electrons. The van der Waals surface area contributed by atoms with Gasteiger partial charge in [-0.3, -0.25) is 4.79 Å². The molecule has 0 aliphatic rings. The quantitative estimate of drug-likeness (QED) is 0.898. The molecule has 0 bridgehead atoms. The average molecular weight is 244 g/mol. The van der Waals surface area contributed by atoms with Crippen molar-refractivity contribution in [2.24, 2.45) is 0 Å². The summed E-state index contributed by atoms with van der Waals surface area (Å²) in [5.41, 5.74) is 1.45. The van der Waals surface area contributed by atoms with Gasteiger partial charge in [-0.2, -0.15) is 0 Å². The fraction of sp³-hybridized carbons (Fsp3) is 0.286. The van der Waals surface area contributed by atoms with Gasteiger partial charge in [-0.25, -0.2) is 4.98 Å². The third-order valence-electron chi connectivity index (χ3n) is 2.64. The molecule has 1 heterocycles. The number of hydrogen-bond donors (Lipinski definition) is 1. The molecule has 1 N–H and O–H groups in total. The van der Waals surface area contributed by atoms with Crippen LogP contribution in [-0.2, 0) is 6.42 Å². The van der Waals surface area contributed by atoms with Crippen LogP contribution in [0.25, 0.3) is 11.3 Å². The number of benzene rings is 1. The van der Waals surface area contributed by atoms with E-state index in [1.165, 1.54) is 6.07 Å². The Labute approximate surface area is 106 Å². The third kappa shape index (κ3) is 2.77. The van der Waals surface area contributed by atoms with Gasteiger partial charge < -0.3 is 9.72 Å². The first-order valence-electron chi connectivity index (χ1n) is 5.97. The number of nitrogens with zero attached hydrogens (tertiary/aromatic N) is 1. The van der Waals surface area contributed by atoms with Crippen molar-refractivity contribution in [1.82, 2.24) is 9.97 Å². The van der Waals surface area contributed by atoms with Gasteiger partial charge in [-0.15, -0.1) is 0 Å². The Balaban J connectivity index is 2.45. The lowest BCUT2D eigenvalue weighted by Crippen LogP contribution is -2.11. The van der Waals surface area contributed by atoms with Crippen LogP contribution >= 0.6 is 0 Å². The van der Waals surface area contributed by atoms with Crippen molar-refractivity contribution >= 4 is 0 Å². The van der Waals surface area contributed by atoms with E-state index in [1.54, 1.807) is 7.11 Å². The van der Waals surface area contributed by atoms with Crippen LogP contribution in [0.3, 0.4) is 0 Å². The molecule has 0 unspecified atom stereocenters. The highest BCUT2D eigenvalue weighted by atomic mass is 16.5. The lowest BCUT2D eigenvalue weighted by molar-refractivity contribution is 0.415. The SMILES string of the molecule is CCCc1nc(-c2cccc(OC)c2)cc(=O)[nH]1. The Morgan fingerprint density at radius 3 is 2.89 bits per heavy atom. The van der Waals surface area contributed by atoms with E-state index in [0.717, 1.165) is 30.0 Å². The maximum Gasteiger partial charge on any atom is 0.251 e. The van der Waals surface area contributed by atoms with Crippen LogP contribution in [0.2, 0.25) is 0 Å². The summed E-state index contributed by atoms with van der Waals surface area (Å²) in [5.74, 6) is 1.48. The van der Waals surface area contributed by atoms with Gasteiger partial charge in [0, 0.05) is 18.1 Å². The monoisotopic (exact) mass is 244 g/mol. The second-order valence-electron chi connectivity index (χ2n) is 4.06. The molecule has 1 aromatic carbocycles. The fourth-order valence-corrected chi connectivity index (χ4v) is 1.79. The Kier molecular flexibility index (Phi) is 3.77. The number of methoxy groups -OCH3 is 1. The Morgan fingerprint density at radius 2 is 2.17 bits per heavy atom. The van der Waals surface area contributed by atoms with Gasteiger partial charge in [0.25, 0.3) is 5.56 Å². The van der Waals surface area contributed by atoms with Crippen molar-refractivity contribution < 1.29 is 4.74 Å². The van der Waals surface area contributed by atoms with Crippen molar-refractivity contribution in [2.45, 2.75) is 19.8 Å². The lowest BCUT2D eigenvalue weighted by Gasteiger charge is -2.05. The maximum atomic E-state index is 11.6. The number of rotatable bonds is 4. The number of H-pyrrole nitrogens is 1. The summed E-state index contributed by atoms with van der Waals surface area (Å²) < 4.78 is 5.17. The summed E-state index contributed by atoms with van der Waals surface area (Å²) in [6.07, 6.45) is 1.72. The highest BCUT2D eigenvalue weighted by Crippen LogP contribution is 2.21. The Hall–Kier alpha value is -2.10. The molecule has 0 fully saturated rings. The minimum atomic E-state index is -0.119. The number of aryl methyl sites for hydroxylation is 1.